The van der Waals surface area contributed by atoms with E-state index in [0.29, 0.717) is 12.5 Å². The van der Waals surface area contributed by atoms with Gasteiger partial charge in [0.25, 0.3) is 0 Å². The maximum Gasteiger partial charge on any atom is 0.00481 e. The molecule has 0 radical (unpaired) electrons. The van der Waals surface area contributed by atoms with Crippen molar-refractivity contribution in [1.82, 2.24) is 0 Å². The zero-order chi connectivity index (χ0) is 5.86. The quantitative estimate of drug-likeness (QED) is 0.512. The molecule has 0 aromatic carbocycles. The summed E-state index contributed by atoms with van der Waals surface area (Å²) in [5.74, 6) is 0.458. The second kappa shape index (κ2) is 2.99. The van der Waals surface area contributed by atoms with E-state index in [-0.39, 0.29) is 6.04 Å². The zero-order valence-electron chi connectivity index (χ0n) is 5.02. The predicted octanol–water partition coefficient (Wildman–Crippen LogP) is -0.0716. The van der Waals surface area contributed by atoms with Gasteiger partial charge in [-0.1, -0.05) is 6.92 Å². The van der Waals surface area contributed by atoms with Crippen LogP contribution in [0.25, 0.3) is 0 Å². The zero-order valence-corrected chi connectivity index (χ0v) is 5.02. The summed E-state index contributed by atoms with van der Waals surface area (Å²) in [5.41, 5.74) is 10.8. The Morgan fingerprint density at radius 3 is 1.86 bits per heavy atom. The fourth-order valence-corrected chi connectivity index (χ4v) is 0.215. The first kappa shape index (κ1) is 6.92. The monoisotopic (exact) mass is 102 g/mol. The first-order valence-corrected chi connectivity index (χ1v) is 2.64. The topological polar surface area (TPSA) is 52.0 Å². The van der Waals surface area contributed by atoms with Crippen molar-refractivity contribution in [3.8, 4) is 0 Å². The van der Waals surface area contributed by atoms with Gasteiger partial charge in [-0.25, -0.2) is 0 Å². The summed E-state index contributed by atoms with van der Waals surface area (Å²) < 4.78 is 0. The van der Waals surface area contributed by atoms with Crippen LogP contribution in [0.3, 0.4) is 0 Å². The highest BCUT2D eigenvalue weighted by Gasteiger charge is 2.01. The van der Waals surface area contributed by atoms with E-state index >= 15 is 0 Å². The number of hydrogen-bond acceptors (Lipinski definition) is 2. The van der Waals surface area contributed by atoms with Gasteiger partial charge in [0, 0.05) is 6.04 Å². The van der Waals surface area contributed by atoms with E-state index in [1.807, 2.05) is 13.8 Å². The summed E-state index contributed by atoms with van der Waals surface area (Å²) in [7, 11) is 0. The van der Waals surface area contributed by atoms with Crippen molar-refractivity contribution in [1.29, 1.82) is 0 Å². The van der Waals surface area contributed by atoms with Crippen LogP contribution < -0.4 is 11.5 Å². The Morgan fingerprint density at radius 2 is 1.86 bits per heavy atom. The minimum Gasteiger partial charge on any atom is -0.330 e. The van der Waals surface area contributed by atoms with Crippen molar-refractivity contribution < 1.29 is 0 Å². The Morgan fingerprint density at radius 1 is 1.43 bits per heavy atom. The van der Waals surface area contributed by atoms with Gasteiger partial charge in [-0.15, -0.1) is 0 Å². The lowest BCUT2D eigenvalue weighted by atomic mass is 10.1. The van der Waals surface area contributed by atoms with E-state index in [0.717, 1.165) is 0 Å². The number of nitrogens with two attached hydrogens (primary N) is 2. The lowest BCUT2D eigenvalue weighted by Gasteiger charge is -2.10. The predicted molar refractivity (Wildman–Crippen MR) is 31.9 cm³/mol. The highest BCUT2D eigenvalue weighted by atomic mass is 14.7. The van der Waals surface area contributed by atoms with Gasteiger partial charge in [-0.05, 0) is 19.4 Å². The minimum absolute atomic E-state index is 0.241. The van der Waals surface area contributed by atoms with E-state index in [1.54, 1.807) is 0 Å². The summed E-state index contributed by atoms with van der Waals surface area (Å²) in [6, 6.07) is 0.241. The van der Waals surface area contributed by atoms with Crippen LogP contribution in [0.2, 0.25) is 0 Å². The first-order chi connectivity index (χ1) is 3.18. The molecule has 7 heavy (non-hydrogen) atoms. The van der Waals surface area contributed by atoms with Gasteiger partial charge >= 0.3 is 0 Å². The summed E-state index contributed by atoms with van der Waals surface area (Å²) in [6.07, 6.45) is 0. The average Bonchev–Trinajstić information content (AvgIpc) is 1.65. The molecule has 0 bridgehead atoms. The van der Waals surface area contributed by atoms with E-state index in [1.165, 1.54) is 0 Å². The van der Waals surface area contributed by atoms with Crippen molar-refractivity contribution in [3.63, 3.8) is 0 Å². The van der Waals surface area contributed by atoms with Crippen LogP contribution >= 0.6 is 0 Å². The van der Waals surface area contributed by atoms with Crippen LogP contribution in [0.4, 0.5) is 0 Å². The molecule has 0 aliphatic rings. The molecule has 4 N–H and O–H groups in total. The van der Waals surface area contributed by atoms with Crippen LogP contribution in [0, 0.1) is 5.92 Å². The molecule has 2 nitrogen and oxygen atoms in total. The van der Waals surface area contributed by atoms with Crippen LogP contribution in [-0.4, -0.2) is 12.6 Å². The number of hydrogen-bond donors (Lipinski definition) is 2. The van der Waals surface area contributed by atoms with Crippen molar-refractivity contribution in [2.45, 2.75) is 19.9 Å². The minimum atomic E-state index is 0.241. The van der Waals surface area contributed by atoms with Gasteiger partial charge in [0.2, 0.25) is 0 Å². The van der Waals surface area contributed by atoms with E-state index in [2.05, 4.69) is 0 Å². The summed E-state index contributed by atoms with van der Waals surface area (Å²) in [5, 5.41) is 0. The molecule has 2 atom stereocenters. The molecule has 0 aromatic rings. The first-order valence-electron chi connectivity index (χ1n) is 2.64. The van der Waals surface area contributed by atoms with Crippen molar-refractivity contribution >= 4 is 0 Å². The molecule has 0 heterocycles. The SMILES string of the molecule is CC(CN)[C@H](C)N. The Balaban J connectivity index is 3.14. The molecule has 44 valence electrons. The summed E-state index contributed by atoms with van der Waals surface area (Å²) in [4.78, 5) is 0. The molecular weight excluding hydrogens is 88.1 g/mol. The Labute approximate surface area is 44.9 Å². The van der Waals surface area contributed by atoms with Gasteiger partial charge in [0.15, 0.2) is 0 Å². The van der Waals surface area contributed by atoms with Crippen LogP contribution in [0.5, 0.6) is 0 Å². The molecule has 0 rings (SSSR count). The third-order valence-electron chi connectivity index (χ3n) is 1.27. The second-order valence-electron chi connectivity index (χ2n) is 2.07. The Hall–Kier alpha value is -0.0800. The Kier molecular flexibility index (Phi) is 2.96. The molecule has 2 heteroatoms. The van der Waals surface area contributed by atoms with Gasteiger partial charge < -0.3 is 11.5 Å². The standard InChI is InChI=1S/C5H14N2/c1-4(3-6)5(2)7/h4-5H,3,6-7H2,1-2H3/t4?,5-/m0/s1. The Bertz CT molecular complexity index is 43.3. The number of rotatable bonds is 2. The summed E-state index contributed by atoms with van der Waals surface area (Å²) in [6.45, 7) is 4.71. The van der Waals surface area contributed by atoms with Crippen molar-refractivity contribution in [3.05, 3.63) is 0 Å². The molecule has 0 saturated carbocycles. The van der Waals surface area contributed by atoms with Crippen molar-refractivity contribution in [2.75, 3.05) is 6.54 Å². The van der Waals surface area contributed by atoms with E-state index in [9.17, 15) is 0 Å². The molecule has 0 aromatic heterocycles. The second-order valence-corrected chi connectivity index (χ2v) is 2.07. The van der Waals surface area contributed by atoms with Gasteiger partial charge in [0.1, 0.15) is 0 Å². The molecule has 1 unspecified atom stereocenters. The summed E-state index contributed by atoms with van der Waals surface area (Å²) >= 11 is 0. The molecule has 0 aliphatic carbocycles. The third kappa shape index (κ3) is 2.60. The maximum absolute atomic E-state index is 5.47. The normalized spacial score (nSPS) is 18.9. The van der Waals surface area contributed by atoms with Crippen LogP contribution in [0.1, 0.15) is 13.8 Å². The maximum atomic E-state index is 5.47. The highest BCUT2D eigenvalue weighted by Crippen LogP contribution is 1.93. The largest absolute Gasteiger partial charge is 0.330 e. The molecule has 0 aliphatic heterocycles. The molecule has 0 saturated heterocycles. The average molecular weight is 102 g/mol. The molecule has 0 spiro atoms. The highest BCUT2D eigenvalue weighted by molar-refractivity contribution is 4.62. The van der Waals surface area contributed by atoms with E-state index in [4.69, 9.17) is 11.5 Å². The molecular formula is C5H14N2. The third-order valence-corrected chi connectivity index (χ3v) is 1.27. The molecule has 0 amide bonds. The van der Waals surface area contributed by atoms with E-state index < -0.39 is 0 Å². The molecule has 0 fully saturated rings. The van der Waals surface area contributed by atoms with Gasteiger partial charge in [0.05, 0.1) is 0 Å². The van der Waals surface area contributed by atoms with Crippen LogP contribution in [0.15, 0.2) is 0 Å². The smallest absolute Gasteiger partial charge is 0.00481 e. The fourth-order valence-electron chi connectivity index (χ4n) is 0.215. The van der Waals surface area contributed by atoms with Gasteiger partial charge in [-0.3, -0.25) is 0 Å². The van der Waals surface area contributed by atoms with Crippen LogP contribution in [-0.2, 0) is 0 Å². The van der Waals surface area contributed by atoms with Gasteiger partial charge in [-0.2, -0.15) is 0 Å². The fraction of sp³-hybridized carbons (Fsp3) is 1.00. The lowest BCUT2D eigenvalue weighted by molar-refractivity contribution is 0.495. The van der Waals surface area contributed by atoms with Crippen molar-refractivity contribution in [2.24, 2.45) is 17.4 Å². The lowest BCUT2D eigenvalue weighted by Crippen LogP contribution is -2.29.